The second-order valence-electron chi connectivity index (χ2n) is 3.30. The Labute approximate surface area is 75.7 Å². The number of aromatic nitrogens is 3. The van der Waals surface area contributed by atoms with E-state index in [1.807, 2.05) is 13.8 Å². The van der Waals surface area contributed by atoms with Gasteiger partial charge in [-0.2, -0.15) is 0 Å². The molecule has 5 nitrogen and oxygen atoms in total. The number of hydrogen-bond donors (Lipinski definition) is 0. The highest BCUT2D eigenvalue weighted by Crippen LogP contribution is 2.24. The molecule has 0 aromatic carbocycles. The molecule has 1 aliphatic heterocycles. The molecule has 2 rings (SSSR count). The molecule has 13 heavy (non-hydrogen) atoms. The van der Waals surface area contributed by atoms with Gasteiger partial charge in [0, 0.05) is 6.42 Å². The van der Waals surface area contributed by atoms with Gasteiger partial charge in [-0.3, -0.25) is 4.79 Å². The van der Waals surface area contributed by atoms with Crippen molar-refractivity contribution < 1.29 is 9.53 Å². The third kappa shape index (κ3) is 1.20. The Kier molecular flexibility index (Phi) is 1.79. The van der Waals surface area contributed by atoms with E-state index < -0.39 is 0 Å². The van der Waals surface area contributed by atoms with Gasteiger partial charge in [-0.25, -0.2) is 4.68 Å². The SMILES string of the molecule is CC(C)n1nnc2c1OCCC2=O. The second-order valence-corrected chi connectivity index (χ2v) is 3.30. The number of ketones is 1. The summed E-state index contributed by atoms with van der Waals surface area (Å²) in [7, 11) is 0. The molecule has 0 saturated heterocycles. The molecule has 0 radical (unpaired) electrons. The molecule has 0 fully saturated rings. The predicted octanol–water partition coefficient (Wildman–Crippen LogP) is 0.824. The molecule has 2 heterocycles. The van der Waals surface area contributed by atoms with Gasteiger partial charge in [0.15, 0.2) is 11.5 Å². The van der Waals surface area contributed by atoms with Crippen LogP contribution in [0.1, 0.15) is 36.8 Å². The van der Waals surface area contributed by atoms with Crippen molar-refractivity contribution in [2.24, 2.45) is 0 Å². The lowest BCUT2D eigenvalue weighted by atomic mass is 10.2. The van der Waals surface area contributed by atoms with Crippen molar-refractivity contribution in [1.82, 2.24) is 15.0 Å². The number of carbonyl (C=O) groups is 1. The molecule has 1 aromatic rings. The van der Waals surface area contributed by atoms with Crippen LogP contribution in [-0.2, 0) is 0 Å². The van der Waals surface area contributed by atoms with E-state index in [0.29, 0.717) is 24.6 Å². The van der Waals surface area contributed by atoms with Crippen LogP contribution in [-0.4, -0.2) is 27.4 Å². The van der Waals surface area contributed by atoms with E-state index in [2.05, 4.69) is 10.3 Å². The van der Waals surface area contributed by atoms with E-state index in [0.717, 1.165) is 0 Å². The maximum atomic E-state index is 11.3. The van der Waals surface area contributed by atoms with Crippen LogP contribution in [0.2, 0.25) is 0 Å². The quantitative estimate of drug-likeness (QED) is 0.643. The molecule has 70 valence electrons. The highest BCUT2D eigenvalue weighted by atomic mass is 16.5. The monoisotopic (exact) mass is 181 g/mol. The summed E-state index contributed by atoms with van der Waals surface area (Å²) in [6, 6.07) is 0.169. The van der Waals surface area contributed by atoms with Gasteiger partial charge in [-0.1, -0.05) is 5.21 Å². The number of ether oxygens (including phenoxy) is 1. The molecule has 0 bridgehead atoms. The van der Waals surface area contributed by atoms with Crippen molar-refractivity contribution in [2.45, 2.75) is 26.3 Å². The molecule has 0 atom stereocenters. The van der Waals surface area contributed by atoms with Gasteiger partial charge < -0.3 is 4.74 Å². The van der Waals surface area contributed by atoms with Crippen molar-refractivity contribution in [2.75, 3.05) is 6.61 Å². The highest BCUT2D eigenvalue weighted by molar-refractivity contribution is 5.97. The molecule has 0 spiro atoms. The van der Waals surface area contributed by atoms with Crippen LogP contribution in [0.25, 0.3) is 0 Å². The van der Waals surface area contributed by atoms with Crippen molar-refractivity contribution in [3.8, 4) is 5.88 Å². The standard InChI is InChI=1S/C8H11N3O2/c1-5(2)11-8-7(9-10-11)6(12)3-4-13-8/h5H,3-4H2,1-2H3. The first-order valence-corrected chi connectivity index (χ1v) is 4.31. The van der Waals surface area contributed by atoms with Gasteiger partial charge in [0.05, 0.1) is 12.6 Å². The average Bonchev–Trinajstić information content (AvgIpc) is 2.48. The zero-order valence-electron chi connectivity index (χ0n) is 7.65. The minimum atomic E-state index is 0.0214. The van der Waals surface area contributed by atoms with E-state index in [-0.39, 0.29) is 11.8 Å². The highest BCUT2D eigenvalue weighted by Gasteiger charge is 2.26. The number of hydrogen-bond acceptors (Lipinski definition) is 4. The Morgan fingerprint density at radius 2 is 2.31 bits per heavy atom. The lowest BCUT2D eigenvalue weighted by Gasteiger charge is -2.14. The number of Topliss-reactive ketones (excluding diaryl/α,β-unsaturated/α-hetero) is 1. The summed E-state index contributed by atoms with van der Waals surface area (Å²) in [5.74, 6) is 0.541. The Balaban J connectivity index is 2.47. The fourth-order valence-corrected chi connectivity index (χ4v) is 1.29. The van der Waals surface area contributed by atoms with Crippen molar-refractivity contribution in [1.29, 1.82) is 0 Å². The molecule has 1 aliphatic rings. The van der Waals surface area contributed by atoms with Gasteiger partial charge in [-0.15, -0.1) is 5.10 Å². The van der Waals surface area contributed by atoms with Crippen LogP contribution in [0.5, 0.6) is 5.88 Å². The maximum absolute atomic E-state index is 11.3. The summed E-state index contributed by atoms with van der Waals surface area (Å²) in [5, 5.41) is 7.67. The zero-order valence-corrected chi connectivity index (χ0v) is 7.65. The number of nitrogens with zero attached hydrogens (tertiary/aromatic N) is 3. The summed E-state index contributed by atoms with van der Waals surface area (Å²) in [4.78, 5) is 11.3. The Bertz CT molecular complexity index is 343. The third-order valence-electron chi connectivity index (χ3n) is 1.97. The molecular weight excluding hydrogens is 170 g/mol. The van der Waals surface area contributed by atoms with Gasteiger partial charge in [0.2, 0.25) is 5.88 Å². The molecule has 0 aliphatic carbocycles. The normalized spacial score (nSPS) is 15.8. The number of fused-ring (bicyclic) bond motifs is 1. The summed E-state index contributed by atoms with van der Waals surface area (Å²) in [5.41, 5.74) is 0.375. The maximum Gasteiger partial charge on any atom is 0.244 e. The fraction of sp³-hybridized carbons (Fsp3) is 0.625. The van der Waals surface area contributed by atoms with Gasteiger partial charge >= 0.3 is 0 Å². The van der Waals surface area contributed by atoms with E-state index >= 15 is 0 Å². The molecule has 5 heteroatoms. The first kappa shape index (κ1) is 8.22. The van der Waals surface area contributed by atoms with Gasteiger partial charge in [0.1, 0.15) is 0 Å². The first-order chi connectivity index (χ1) is 6.20. The van der Waals surface area contributed by atoms with Crippen LogP contribution in [0.15, 0.2) is 0 Å². The minimum absolute atomic E-state index is 0.0214. The molecule has 0 saturated carbocycles. The van der Waals surface area contributed by atoms with Crippen molar-refractivity contribution in [3.05, 3.63) is 5.69 Å². The molecule has 0 N–H and O–H groups in total. The Morgan fingerprint density at radius 1 is 1.54 bits per heavy atom. The lowest BCUT2D eigenvalue weighted by Crippen LogP contribution is -2.17. The molecular formula is C8H11N3O2. The summed E-state index contributed by atoms with van der Waals surface area (Å²) in [6.07, 6.45) is 0.407. The first-order valence-electron chi connectivity index (χ1n) is 4.31. The van der Waals surface area contributed by atoms with Crippen molar-refractivity contribution in [3.63, 3.8) is 0 Å². The minimum Gasteiger partial charge on any atom is -0.476 e. The van der Waals surface area contributed by atoms with Crippen LogP contribution in [0.4, 0.5) is 0 Å². The molecule has 1 aromatic heterocycles. The van der Waals surface area contributed by atoms with Crippen LogP contribution in [0, 0.1) is 0 Å². The van der Waals surface area contributed by atoms with Crippen LogP contribution < -0.4 is 4.74 Å². The van der Waals surface area contributed by atoms with Gasteiger partial charge in [0.25, 0.3) is 0 Å². The largest absolute Gasteiger partial charge is 0.476 e. The van der Waals surface area contributed by atoms with Gasteiger partial charge in [-0.05, 0) is 13.8 Å². The topological polar surface area (TPSA) is 57.0 Å². The predicted molar refractivity (Wildman–Crippen MR) is 44.8 cm³/mol. The van der Waals surface area contributed by atoms with E-state index in [1.165, 1.54) is 0 Å². The average molecular weight is 181 g/mol. The Hall–Kier alpha value is -1.39. The molecule has 0 amide bonds. The van der Waals surface area contributed by atoms with Crippen molar-refractivity contribution >= 4 is 5.78 Å². The summed E-state index contributed by atoms with van der Waals surface area (Å²) >= 11 is 0. The fourth-order valence-electron chi connectivity index (χ4n) is 1.29. The number of carbonyl (C=O) groups excluding carboxylic acids is 1. The van der Waals surface area contributed by atoms with E-state index in [9.17, 15) is 4.79 Å². The summed E-state index contributed by atoms with van der Waals surface area (Å²) in [6.45, 7) is 4.38. The lowest BCUT2D eigenvalue weighted by molar-refractivity contribution is 0.0922. The third-order valence-corrected chi connectivity index (χ3v) is 1.97. The number of rotatable bonds is 1. The smallest absolute Gasteiger partial charge is 0.244 e. The van der Waals surface area contributed by atoms with Crippen LogP contribution >= 0.6 is 0 Å². The summed E-state index contributed by atoms with van der Waals surface area (Å²) < 4.78 is 6.97. The second kappa shape index (κ2) is 2.83. The zero-order chi connectivity index (χ0) is 9.42. The van der Waals surface area contributed by atoms with E-state index in [4.69, 9.17) is 4.74 Å². The van der Waals surface area contributed by atoms with Crippen LogP contribution in [0.3, 0.4) is 0 Å². The molecule has 0 unspecified atom stereocenters. The van der Waals surface area contributed by atoms with E-state index in [1.54, 1.807) is 4.68 Å². The Morgan fingerprint density at radius 3 is 3.00 bits per heavy atom.